The fourth-order valence-corrected chi connectivity index (χ4v) is 3.52. The lowest BCUT2D eigenvalue weighted by Gasteiger charge is -2.31. The molecule has 0 bridgehead atoms. The van der Waals surface area contributed by atoms with Crippen LogP contribution in [0.1, 0.15) is 37.8 Å². The van der Waals surface area contributed by atoms with E-state index in [4.69, 9.17) is 11.6 Å². The van der Waals surface area contributed by atoms with Crippen LogP contribution in [0.15, 0.2) is 48.5 Å². The SMILES string of the molecule is CC(=O)Nc1ccc(NC(C(=O)N2CCCCC2)c2ccccc2)cc1Cl. The minimum Gasteiger partial charge on any atom is -0.370 e. The van der Waals surface area contributed by atoms with Gasteiger partial charge in [-0.3, -0.25) is 9.59 Å². The van der Waals surface area contributed by atoms with Crippen molar-refractivity contribution in [2.24, 2.45) is 0 Å². The fourth-order valence-electron chi connectivity index (χ4n) is 3.29. The molecule has 1 fully saturated rings. The van der Waals surface area contributed by atoms with E-state index in [0.717, 1.165) is 37.2 Å². The number of hydrogen-bond donors (Lipinski definition) is 2. The second kappa shape index (κ2) is 8.91. The van der Waals surface area contributed by atoms with Gasteiger partial charge in [-0.1, -0.05) is 41.9 Å². The molecule has 0 aliphatic carbocycles. The molecule has 2 amide bonds. The zero-order chi connectivity index (χ0) is 19.2. The Balaban J connectivity index is 1.84. The first-order chi connectivity index (χ1) is 13.0. The van der Waals surface area contributed by atoms with Crippen molar-refractivity contribution in [3.05, 3.63) is 59.1 Å². The number of piperidine rings is 1. The minimum absolute atomic E-state index is 0.0722. The van der Waals surface area contributed by atoms with Crippen LogP contribution in [0.3, 0.4) is 0 Å². The average Bonchev–Trinajstić information content (AvgIpc) is 2.68. The molecular weight excluding hydrogens is 362 g/mol. The van der Waals surface area contributed by atoms with Crippen LogP contribution >= 0.6 is 11.6 Å². The quantitative estimate of drug-likeness (QED) is 0.798. The van der Waals surface area contributed by atoms with Crippen LogP contribution in [0.4, 0.5) is 11.4 Å². The zero-order valence-electron chi connectivity index (χ0n) is 15.4. The first kappa shape index (κ1) is 19.2. The zero-order valence-corrected chi connectivity index (χ0v) is 16.1. The predicted octanol–water partition coefficient (Wildman–Crippen LogP) is 4.46. The van der Waals surface area contributed by atoms with Crippen molar-refractivity contribution in [2.75, 3.05) is 23.7 Å². The Hall–Kier alpha value is -2.53. The lowest BCUT2D eigenvalue weighted by Crippen LogP contribution is -2.41. The van der Waals surface area contributed by atoms with Gasteiger partial charge in [-0.15, -0.1) is 0 Å². The molecule has 2 N–H and O–H groups in total. The number of halogens is 1. The van der Waals surface area contributed by atoms with E-state index in [1.807, 2.05) is 41.3 Å². The van der Waals surface area contributed by atoms with Gasteiger partial charge in [0.2, 0.25) is 11.8 Å². The van der Waals surface area contributed by atoms with E-state index in [0.29, 0.717) is 10.7 Å². The van der Waals surface area contributed by atoms with Gasteiger partial charge in [-0.25, -0.2) is 0 Å². The predicted molar refractivity (Wildman–Crippen MR) is 109 cm³/mol. The largest absolute Gasteiger partial charge is 0.370 e. The maximum absolute atomic E-state index is 13.2. The monoisotopic (exact) mass is 385 g/mol. The van der Waals surface area contributed by atoms with Crippen molar-refractivity contribution in [1.29, 1.82) is 0 Å². The van der Waals surface area contributed by atoms with Gasteiger partial charge in [0.1, 0.15) is 6.04 Å². The van der Waals surface area contributed by atoms with Crippen LogP contribution in [0.5, 0.6) is 0 Å². The maximum atomic E-state index is 13.2. The Kier molecular flexibility index (Phi) is 6.35. The summed E-state index contributed by atoms with van der Waals surface area (Å²) in [7, 11) is 0. The van der Waals surface area contributed by atoms with E-state index >= 15 is 0 Å². The summed E-state index contributed by atoms with van der Waals surface area (Å²) in [5, 5.41) is 6.43. The highest BCUT2D eigenvalue weighted by atomic mass is 35.5. The number of benzene rings is 2. The first-order valence-corrected chi connectivity index (χ1v) is 9.60. The first-order valence-electron chi connectivity index (χ1n) is 9.22. The summed E-state index contributed by atoms with van der Waals surface area (Å²) in [5.41, 5.74) is 2.19. The number of nitrogens with zero attached hydrogens (tertiary/aromatic N) is 1. The topological polar surface area (TPSA) is 61.4 Å². The number of amides is 2. The highest BCUT2D eigenvalue weighted by Gasteiger charge is 2.27. The summed E-state index contributed by atoms with van der Waals surface area (Å²) in [4.78, 5) is 26.3. The normalized spacial score (nSPS) is 15.1. The molecule has 0 radical (unpaired) electrons. The van der Waals surface area contributed by atoms with E-state index in [2.05, 4.69) is 10.6 Å². The number of rotatable bonds is 5. The van der Waals surface area contributed by atoms with Crippen LogP contribution < -0.4 is 10.6 Å². The van der Waals surface area contributed by atoms with Crippen molar-refractivity contribution >= 4 is 34.8 Å². The summed E-state index contributed by atoms with van der Waals surface area (Å²) in [6.07, 6.45) is 3.27. The van der Waals surface area contributed by atoms with Crippen LogP contribution in [0, 0.1) is 0 Å². The van der Waals surface area contributed by atoms with Crippen LogP contribution in [-0.2, 0) is 9.59 Å². The molecule has 27 heavy (non-hydrogen) atoms. The third-order valence-electron chi connectivity index (χ3n) is 4.64. The van der Waals surface area contributed by atoms with Gasteiger partial charge in [0.15, 0.2) is 0 Å². The lowest BCUT2D eigenvalue weighted by atomic mass is 10.0. The van der Waals surface area contributed by atoms with Gasteiger partial charge >= 0.3 is 0 Å². The molecule has 0 spiro atoms. The summed E-state index contributed by atoms with van der Waals surface area (Å²) in [6.45, 7) is 3.03. The lowest BCUT2D eigenvalue weighted by molar-refractivity contribution is -0.133. The van der Waals surface area contributed by atoms with Crippen LogP contribution in [0.25, 0.3) is 0 Å². The van der Waals surface area contributed by atoms with Crippen molar-refractivity contribution in [2.45, 2.75) is 32.2 Å². The highest BCUT2D eigenvalue weighted by molar-refractivity contribution is 6.34. The second-order valence-electron chi connectivity index (χ2n) is 6.75. The fraction of sp³-hybridized carbons (Fsp3) is 0.333. The van der Waals surface area contributed by atoms with Crippen molar-refractivity contribution in [1.82, 2.24) is 4.90 Å². The number of carbonyl (C=O) groups excluding carboxylic acids is 2. The summed E-state index contributed by atoms with van der Waals surface area (Å²) in [6, 6.07) is 14.5. The molecule has 1 heterocycles. The Morgan fingerprint density at radius 2 is 1.74 bits per heavy atom. The smallest absolute Gasteiger partial charge is 0.249 e. The molecule has 3 rings (SSSR count). The van der Waals surface area contributed by atoms with E-state index in [-0.39, 0.29) is 11.8 Å². The molecule has 0 saturated carbocycles. The summed E-state index contributed by atoms with van der Waals surface area (Å²) in [5.74, 6) is -0.108. The van der Waals surface area contributed by atoms with Gasteiger partial charge in [0.25, 0.3) is 0 Å². The molecule has 0 aromatic heterocycles. The molecule has 1 unspecified atom stereocenters. The summed E-state index contributed by atoms with van der Waals surface area (Å²) < 4.78 is 0. The molecular formula is C21H24ClN3O2. The minimum atomic E-state index is -0.480. The molecule has 1 aliphatic rings. The summed E-state index contributed by atoms with van der Waals surface area (Å²) >= 11 is 6.28. The van der Waals surface area contributed by atoms with Crippen LogP contribution in [-0.4, -0.2) is 29.8 Å². The Morgan fingerprint density at radius 1 is 1.04 bits per heavy atom. The van der Waals surface area contributed by atoms with Gasteiger partial charge in [0, 0.05) is 25.7 Å². The van der Waals surface area contributed by atoms with Gasteiger partial charge in [0.05, 0.1) is 10.7 Å². The third kappa shape index (κ3) is 5.01. The molecule has 2 aromatic carbocycles. The Morgan fingerprint density at radius 3 is 2.37 bits per heavy atom. The van der Waals surface area contributed by atoms with Gasteiger partial charge < -0.3 is 15.5 Å². The van der Waals surface area contributed by atoms with Crippen molar-refractivity contribution in [3.8, 4) is 0 Å². The number of hydrogen-bond acceptors (Lipinski definition) is 3. The number of anilines is 2. The van der Waals surface area contributed by atoms with E-state index in [1.165, 1.54) is 13.3 Å². The molecule has 6 heteroatoms. The van der Waals surface area contributed by atoms with Crippen LogP contribution in [0.2, 0.25) is 5.02 Å². The standard InChI is InChI=1S/C21H24ClN3O2/c1-15(26)23-19-11-10-17(14-18(19)22)24-20(16-8-4-2-5-9-16)21(27)25-12-6-3-7-13-25/h2,4-5,8-11,14,20,24H,3,6-7,12-13H2,1H3,(H,23,26). The molecule has 1 saturated heterocycles. The maximum Gasteiger partial charge on any atom is 0.249 e. The number of nitrogens with one attached hydrogen (secondary N) is 2. The van der Waals surface area contributed by atoms with E-state index < -0.39 is 6.04 Å². The Labute approximate surface area is 164 Å². The van der Waals surface area contributed by atoms with Gasteiger partial charge in [-0.05, 0) is 43.0 Å². The average molecular weight is 386 g/mol. The molecule has 1 atom stereocenters. The van der Waals surface area contributed by atoms with E-state index in [9.17, 15) is 9.59 Å². The van der Waals surface area contributed by atoms with Crippen molar-refractivity contribution in [3.63, 3.8) is 0 Å². The molecule has 5 nitrogen and oxygen atoms in total. The number of likely N-dealkylation sites (tertiary alicyclic amines) is 1. The second-order valence-corrected chi connectivity index (χ2v) is 7.16. The van der Waals surface area contributed by atoms with Gasteiger partial charge in [-0.2, -0.15) is 0 Å². The van der Waals surface area contributed by atoms with E-state index in [1.54, 1.807) is 12.1 Å². The molecule has 142 valence electrons. The Bertz CT molecular complexity index is 804. The number of carbonyl (C=O) groups is 2. The molecule has 1 aliphatic heterocycles. The molecule has 2 aromatic rings. The van der Waals surface area contributed by atoms with Crippen molar-refractivity contribution < 1.29 is 9.59 Å². The third-order valence-corrected chi connectivity index (χ3v) is 4.95. The highest BCUT2D eigenvalue weighted by Crippen LogP contribution is 2.29.